The van der Waals surface area contributed by atoms with E-state index in [0.29, 0.717) is 45.5 Å². The number of amides is 1. The fraction of sp³-hybridized carbons (Fsp3) is 0.536. The summed E-state index contributed by atoms with van der Waals surface area (Å²) in [5.41, 5.74) is 0.815. The van der Waals surface area contributed by atoms with Gasteiger partial charge < -0.3 is 9.80 Å². The van der Waals surface area contributed by atoms with Gasteiger partial charge in [-0.3, -0.25) is 4.79 Å². The number of sulfonamides is 1. The summed E-state index contributed by atoms with van der Waals surface area (Å²) in [5.74, 6) is 0.524. The van der Waals surface area contributed by atoms with Crippen LogP contribution in [0, 0.1) is 5.92 Å². The van der Waals surface area contributed by atoms with E-state index in [2.05, 4.69) is 9.62 Å². The molecule has 0 radical (unpaired) electrons. The van der Waals surface area contributed by atoms with Gasteiger partial charge in [-0.1, -0.05) is 58.5 Å². The maximum atomic E-state index is 14.0. The van der Waals surface area contributed by atoms with E-state index < -0.39 is 15.4 Å². The van der Waals surface area contributed by atoms with Crippen LogP contribution >= 0.6 is 46.4 Å². The molecule has 2 aromatic carbocycles. The molecule has 1 aliphatic carbocycles. The predicted octanol–water partition coefficient (Wildman–Crippen LogP) is 6.40. The van der Waals surface area contributed by atoms with Crippen molar-refractivity contribution in [2.75, 3.05) is 32.4 Å². The Bertz CT molecular complexity index is 1300. The molecule has 1 saturated carbocycles. The second-order valence-electron chi connectivity index (χ2n) is 11.1. The molecular formula is C28H35Cl4N3O3S. The van der Waals surface area contributed by atoms with Crippen LogP contribution < -0.4 is 4.72 Å². The second kappa shape index (κ2) is 12.8. The lowest BCUT2D eigenvalue weighted by Crippen LogP contribution is -2.48. The van der Waals surface area contributed by atoms with Crippen molar-refractivity contribution in [2.24, 2.45) is 5.92 Å². The van der Waals surface area contributed by atoms with Crippen molar-refractivity contribution in [3.8, 4) is 0 Å². The van der Waals surface area contributed by atoms with Crippen molar-refractivity contribution in [2.45, 2.75) is 57.0 Å². The fourth-order valence-electron chi connectivity index (χ4n) is 5.17. The number of benzene rings is 2. The quantitative estimate of drug-likeness (QED) is 0.311. The van der Waals surface area contributed by atoms with Crippen LogP contribution in [0.2, 0.25) is 20.1 Å². The summed E-state index contributed by atoms with van der Waals surface area (Å²) >= 11 is 24.8. The Labute approximate surface area is 252 Å². The summed E-state index contributed by atoms with van der Waals surface area (Å²) in [7, 11) is -1.45. The molecule has 2 aromatic rings. The molecule has 1 amide bonds. The number of nitrogens with zero attached hydrogens (tertiary/aromatic N) is 2. The van der Waals surface area contributed by atoms with Gasteiger partial charge in [0.15, 0.2) is 0 Å². The highest BCUT2D eigenvalue weighted by Gasteiger charge is 2.38. The molecule has 0 aromatic heterocycles. The topological polar surface area (TPSA) is 69.7 Å². The minimum Gasteiger partial charge on any atom is -0.341 e. The first-order valence-electron chi connectivity index (χ1n) is 13.2. The minimum atomic E-state index is -3.22. The van der Waals surface area contributed by atoms with E-state index in [1.54, 1.807) is 36.2 Å². The van der Waals surface area contributed by atoms with E-state index in [1.165, 1.54) is 0 Å². The first kappa shape index (κ1) is 30.9. The number of rotatable bonds is 11. The average molecular weight is 635 g/mol. The number of likely N-dealkylation sites (N-methyl/N-ethyl adjacent to an activating group) is 1. The highest BCUT2D eigenvalue weighted by molar-refractivity contribution is 7.89. The molecule has 214 valence electrons. The van der Waals surface area contributed by atoms with Gasteiger partial charge >= 0.3 is 0 Å². The van der Waals surface area contributed by atoms with Gasteiger partial charge in [0.05, 0.1) is 31.3 Å². The number of carbonyl (C=O) groups is 1. The molecule has 0 spiro atoms. The van der Waals surface area contributed by atoms with Crippen molar-refractivity contribution < 1.29 is 13.2 Å². The van der Waals surface area contributed by atoms with Gasteiger partial charge in [0.1, 0.15) is 0 Å². The molecule has 11 heteroatoms. The van der Waals surface area contributed by atoms with E-state index >= 15 is 0 Å². The van der Waals surface area contributed by atoms with Crippen LogP contribution in [0.4, 0.5) is 0 Å². The van der Waals surface area contributed by atoms with Gasteiger partial charge in [-0.05, 0) is 100.0 Å². The third kappa shape index (κ3) is 8.25. The molecule has 1 unspecified atom stereocenters. The van der Waals surface area contributed by atoms with Gasteiger partial charge in [-0.2, -0.15) is 0 Å². The standard InChI is InChI=1S/C28H35Cl4N3O3S/c1-28(21-6-8-24(30)26(32)16-21,27(36)34(2)17-20-5-7-23(29)25(31)15-20)11-14-35-12-9-22(10-13-35)33-39(37,38)18-19-3-4-19/h5-8,15-16,19,22,33H,3-4,9-14,17-18H2,1-2H3. The molecule has 2 fully saturated rings. The highest BCUT2D eigenvalue weighted by atomic mass is 35.5. The van der Waals surface area contributed by atoms with E-state index in [0.717, 1.165) is 49.9 Å². The molecule has 39 heavy (non-hydrogen) atoms. The number of nitrogens with one attached hydrogen (secondary N) is 1. The number of piperidine rings is 1. The zero-order valence-electron chi connectivity index (χ0n) is 22.2. The van der Waals surface area contributed by atoms with E-state index in [9.17, 15) is 13.2 Å². The lowest BCUT2D eigenvalue weighted by atomic mass is 9.77. The number of hydrogen-bond acceptors (Lipinski definition) is 4. The largest absolute Gasteiger partial charge is 0.341 e. The molecule has 0 bridgehead atoms. The third-order valence-corrected chi connectivity index (χ3v) is 10.9. The first-order valence-corrected chi connectivity index (χ1v) is 16.4. The summed E-state index contributed by atoms with van der Waals surface area (Å²) in [6.45, 7) is 4.53. The average Bonchev–Trinajstić information content (AvgIpc) is 3.69. The summed E-state index contributed by atoms with van der Waals surface area (Å²) in [4.78, 5) is 18.0. The maximum absolute atomic E-state index is 14.0. The number of carbonyl (C=O) groups excluding carboxylic acids is 1. The summed E-state index contributed by atoms with van der Waals surface area (Å²) in [6.07, 6.45) is 4.08. The van der Waals surface area contributed by atoms with Crippen LogP contribution in [-0.2, 0) is 26.8 Å². The first-order chi connectivity index (χ1) is 18.4. The number of likely N-dealkylation sites (tertiary alicyclic amines) is 1. The molecule has 1 saturated heterocycles. The smallest absolute Gasteiger partial charge is 0.233 e. The van der Waals surface area contributed by atoms with Gasteiger partial charge in [-0.25, -0.2) is 13.1 Å². The summed E-state index contributed by atoms with van der Waals surface area (Å²) in [5, 5.41) is 1.75. The molecule has 1 N–H and O–H groups in total. The minimum absolute atomic E-state index is 0.0366. The van der Waals surface area contributed by atoms with Crippen LogP contribution in [0.1, 0.15) is 50.2 Å². The van der Waals surface area contributed by atoms with Crippen LogP contribution in [0.3, 0.4) is 0 Å². The Morgan fingerprint density at radius 2 is 1.59 bits per heavy atom. The Morgan fingerprint density at radius 3 is 2.18 bits per heavy atom. The highest BCUT2D eigenvalue weighted by Crippen LogP contribution is 2.35. The van der Waals surface area contributed by atoms with Crippen molar-refractivity contribution in [3.05, 3.63) is 67.6 Å². The van der Waals surface area contributed by atoms with Gasteiger partial charge in [0.2, 0.25) is 15.9 Å². The fourth-order valence-corrected chi connectivity index (χ4v) is 7.58. The van der Waals surface area contributed by atoms with Crippen LogP contribution in [-0.4, -0.2) is 62.6 Å². The Kier molecular flexibility index (Phi) is 10.2. The van der Waals surface area contributed by atoms with Crippen molar-refractivity contribution in [1.82, 2.24) is 14.5 Å². The lowest BCUT2D eigenvalue weighted by Gasteiger charge is -2.37. The Hall–Kier alpha value is -1.06. The van der Waals surface area contributed by atoms with Crippen molar-refractivity contribution in [1.29, 1.82) is 0 Å². The zero-order valence-corrected chi connectivity index (χ0v) is 26.1. The van der Waals surface area contributed by atoms with E-state index in [1.807, 2.05) is 19.1 Å². The van der Waals surface area contributed by atoms with Gasteiger partial charge in [0, 0.05) is 19.6 Å². The molecule has 1 atom stereocenters. The van der Waals surface area contributed by atoms with Crippen LogP contribution in [0.15, 0.2) is 36.4 Å². The van der Waals surface area contributed by atoms with Crippen LogP contribution in [0.25, 0.3) is 0 Å². The normalized spacial score (nSPS) is 18.6. The summed E-state index contributed by atoms with van der Waals surface area (Å²) < 4.78 is 27.7. The van der Waals surface area contributed by atoms with Crippen molar-refractivity contribution >= 4 is 62.3 Å². The van der Waals surface area contributed by atoms with Gasteiger partial charge in [-0.15, -0.1) is 0 Å². The summed E-state index contributed by atoms with van der Waals surface area (Å²) in [6, 6.07) is 10.7. The molecule has 1 aliphatic heterocycles. The number of hydrogen-bond donors (Lipinski definition) is 1. The molecule has 4 rings (SSSR count). The van der Waals surface area contributed by atoms with Gasteiger partial charge in [0.25, 0.3) is 0 Å². The predicted molar refractivity (Wildman–Crippen MR) is 160 cm³/mol. The van der Waals surface area contributed by atoms with E-state index in [-0.39, 0.29) is 17.7 Å². The Balaban J connectivity index is 1.43. The molecule has 2 aliphatic rings. The second-order valence-corrected chi connectivity index (χ2v) is 14.5. The van der Waals surface area contributed by atoms with Crippen LogP contribution in [0.5, 0.6) is 0 Å². The Morgan fingerprint density at radius 1 is 0.974 bits per heavy atom. The monoisotopic (exact) mass is 633 g/mol. The van der Waals surface area contributed by atoms with E-state index in [4.69, 9.17) is 46.4 Å². The zero-order chi connectivity index (χ0) is 28.4. The van der Waals surface area contributed by atoms with Crippen molar-refractivity contribution in [3.63, 3.8) is 0 Å². The molecular weight excluding hydrogens is 600 g/mol. The SMILES string of the molecule is CN(Cc1ccc(Cl)c(Cl)c1)C(=O)C(C)(CCN1CCC(NS(=O)(=O)CC2CC2)CC1)c1ccc(Cl)c(Cl)c1. The lowest BCUT2D eigenvalue weighted by molar-refractivity contribution is -0.136. The maximum Gasteiger partial charge on any atom is 0.233 e. The third-order valence-electron chi connectivity index (χ3n) is 7.79. The molecule has 6 nitrogen and oxygen atoms in total. The molecule has 1 heterocycles. The number of halogens is 4.